The Hall–Kier alpha value is -1.71. The van der Waals surface area contributed by atoms with Crippen molar-refractivity contribution in [2.75, 3.05) is 6.61 Å². The van der Waals surface area contributed by atoms with Gasteiger partial charge in [0.25, 0.3) is 0 Å². The predicted molar refractivity (Wildman–Crippen MR) is 56.6 cm³/mol. The minimum absolute atomic E-state index is 0.159. The zero-order chi connectivity index (χ0) is 12.1. The molecular weight excluding hydrogens is 214 g/mol. The lowest BCUT2D eigenvalue weighted by atomic mass is 10.1. The SMILES string of the molecule is CCOC(=O)/C(C)=C/c1ccc(F)cc1F. The van der Waals surface area contributed by atoms with E-state index < -0.39 is 17.6 Å². The van der Waals surface area contributed by atoms with Gasteiger partial charge in [-0.3, -0.25) is 0 Å². The molecule has 0 amide bonds. The molecule has 16 heavy (non-hydrogen) atoms. The summed E-state index contributed by atoms with van der Waals surface area (Å²) in [5.41, 5.74) is 0.430. The Morgan fingerprint density at radius 2 is 2.12 bits per heavy atom. The van der Waals surface area contributed by atoms with E-state index in [2.05, 4.69) is 0 Å². The van der Waals surface area contributed by atoms with Gasteiger partial charge in [0.1, 0.15) is 11.6 Å². The zero-order valence-electron chi connectivity index (χ0n) is 9.09. The molecule has 0 saturated carbocycles. The summed E-state index contributed by atoms with van der Waals surface area (Å²) in [7, 11) is 0. The van der Waals surface area contributed by atoms with Crippen LogP contribution in [0.1, 0.15) is 19.4 Å². The number of carbonyl (C=O) groups is 1. The molecule has 0 bridgehead atoms. The molecule has 0 aliphatic carbocycles. The first kappa shape index (κ1) is 12.4. The Morgan fingerprint density at radius 3 is 2.69 bits per heavy atom. The lowest BCUT2D eigenvalue weighted by Crippen LogP contribution is -2.05. The van der Waals surface area contributed by atoms with Crippen molar-refractivity contribution in [1.82, 2.24) is 0 Å². The molecular formula is C12H12F2O2. The summed E-state index contributed by atoms with van der Waals surface area (Å²) in [5, 5.41) is 0. The maximum absolute atomic E-state index is 13.2. The number of hydrogen-bond donors (Lipinski definition) is 0. The Kier molecular flexibility index (Phi) is 4.17. The van der Waals surface area contributed by atoms with Gasteiger partial charge in [-0.2, -0.15) is 0 Å². The Bertz CT molecular complexity index is 425. The van der Waals surface area contributed by atoms with Crippen LogP contribution in [0.25, 0.3) is 6.08 Å². The molecule has 0 spiro atoms. The molecule has 0 aromatic heterocycles. The van der Waals surface area contributed by atoms with Crippen molar-refractivity contribution in [3.63, 3.8) is 0 Å². The highest BCUT2D eigenvalue weighted by Crippen LogP contribution is 2.13. The van der Waals surface area contributed by atoms with Crippen LogP contribution in [-0.4, -0.2) is 12.6 Å². The van der Waals surface area contributed by atoms with Gasteiger partial charge in [0, 0.05) is 17.2 Å². The molecule has 0 aliphatic rings. The van der Waals surface area contributed by atoms with Crippen LogP contribution in [0.3, 0.4) is 0 Å². The molecule has 86 valence electrons. The molecule has 0 fully saturated rings. The van der Waals surface area contributed by atoms with Gasteiger partial charge in [-0.25, -0.2) is 13.6 Å². The fourth-order valence-corrected chi connectivity index (χ4v) is 1.16. The van der Waals surface area contributed by atoms with Crippen molar-refractivity contribution >= 4 is 12.0 Å². The van der Waals surface area contributed by atoms with Crippen LogP contribution in [0.15, 0.2) is 23.8 Å². The number of rotatable bonds is 3. The molecule has 0 heterocycles. The topological polar surface area (TPSA) is 26.3 Å². The number of hydrogen-bond acceptors (Lipinski definition) is 2. The number of halogens is 2. The van der Waals surface area contributed by atoms with Crippen LogP contribution in [0.4, 0.5) is 8.78 Å². The molecule has 2 nitrogen and oxygen atoms in total. The van der Waals surface area contributed by atoms with E-state index in [-0.39, 0.29) is 17.7 Å². The maximum Gasteiger partial charge on any atom is 0.333 e. The second kappa shape index (κ2) is 5.39. The fourth-order valence-electron chi connectivity index (χ4n) is 1.16. The van der Waals surface area contributed by atoms with Crippen molar-refractivity contribution in [2.45, 2.75) is 13.8 Å². The van der Waals surface area contributed by atoms with Gasteiger partial charge in [0.15, 0.2) is 0 Å². The van der Waals surface area contributed by atoms with E-state index in [9.17, 15) is 13.6 Å². The number of esters is 1. The van der Waals surface area contributed by atoms with Crippen LogP contribution in [0, 0.1) is 11.6 Å². The number of carbonyl (C=O) groups excluding carboxylic acids is 1. The van der Waals surface area contributed by atoms with Gasteiger partial charge >= 0.3 is 5.97 Å². The molecule has 1 aromatic carbocycles. The molecule has 0 unspecified atom stereocenters. The quantitative estimate of drug-likeness (QED) is 0.585. The van der Waals surface area contributed by atoms with Crippen LogP contribution >= 0.6 is 0 Å². The van der Waals surface area contributed by atoms with Gasteiger partial charge in [-0.15, -0.1) is 0 Å². The van der Waals surface area contributed by atoms with Gasteiger partial charge in [-0.1, -0.05) is 0 Å². The lowest BCUT2D eigenvalue weighted by molar-refractivity contribution is -0.138. The van der Waals surface area contributed by atoms with E-state index in [4.69, 9.17) is 4.74 Å². The first-order valence-electron chi connectivity index (χ1n) is 4.85. The van der Waals surface area contributed by atoms with Gasteiger partial charge in [0.05, 0.1) is 6.61 Å². The molecule has 4 heteroatoms. The largest absolute Gasteiger partial charge is 0.463 e. The highest BCUT2D eigenvalue weighted by Gasteiger charge is 2.07. The predicted octanol–water partition coefficient (Wildman–Crippen LogP) is 2.93. The van der Waals surface area contributed by atoms with Crippen LogP contribution in [-0.2, 0) is 9.53 Å². The van der Waals surface area contributed by atoms with E-state index in [1.54, 1.807) is 6.92 Å². The molecule has 1 rings (SSSR count). The number of benzene rings is 1. The van der Waals surface area contributed by atoms with E-state index in [1.807, 2.05) is 0 Å². The van der Waals surface area contributed by atoms with E-state index >= 15 is 0 Å². The third-order valence-corrected chi connectivity index (χ3v) is 1.93. The second-order valence-electron chi connectivity index (χ2n) is 3.21. The summed E-state index contributed by atoms with van der Waals surface area (Å²) < 4.78 is 30.6. The van der Waals surface area contributed by atoms with E-state index in [0.717, 1.165) is 12.1 Å². The van der Waals surface area contributed by atoms with Crippen molar-refractivity contribution in [3.8, 4) is 0 Å². The van der Waals surface area contributed by atoms with Gasteiger partial charge in [-0.05, 0) is 32.1 Å². The summed E-state index contributed by atoms with van der Waals surface area (Å²) in [6.45, 7) is 3.46. The monoisotopic (exact) mass is 226 g/mol. The van der Waals surface area contributed by atoms with Crippen molar-refractivity contribution in [2.24, 2.45) is 0 Å². The summed E-state index contributed by atoms with van der Waals surface area (Å²) in [5.74, 6) is -1.86. The summed E-state index contributed by atoms with van der Waals surface area (Å²) >= 11 is 0. The minimum Gasteiger partial charge on any atom is -0.463 e. The first-order valence-corrected chi connectivity index (χ1v) is 4.85. The van der Waals surface area contributed by atoms with Gasteiger partial charge in [0.2, 0.25) is 0 Å². The van der Waals surface area contributed by atoms with Crippen molar-refractivity contribution in [1.29, 1.82) is 0 Å². The summed E-state index contributed by atoms with van der Waals surface area (Å²) in [4.78, 5) is 11.2. The van der Waals surface area contributed by atoms with Crippen molar-refractivity contribution in [3.05, 3.63) is 41.0 Å². The average molecular weight is 226 g/mol. The van der Waals surface area contributed by atoms with Crippen LogP contribution in [0.5, 0.6) is 0 Å². The second-order valence-corrected chi connectivity index (χ2v) is 3.21. The average Bonchev–Trinajstić information content (AvgIpc) is 2.22. The molecule has 0 aliphatic heterocycles. The van der Waals surface area contributed by atoms with Gasteiger partial charge < -0.3 is 4.74 Å². The third kappa shape index (κ3) is 3.15. The minimum atomic E-state index is -0.705. The highest BCUT2D eigenvalue weighted by molar-refractivity contribution is 5.92. The number of ether oxygens (including phenoxy) is 1. The first-order chi connectivity index (χ1) is 7.54. The molecule has 0 N–H and O–H groups in total. The standard InChI is InChI=1S/C12H12F2O2/c1-3-16-12(15)8(2)6-9-4-5-10(13)7-11(9)14/h4-7H,3H2,1-2H3/b8-6+. The smallest absolute Gasteiger partial charge is 0.333 e. The molecule has 0 atom stereocenters. The zero-order valence-corrected chi connectivity index (χ0v) is 9.09. The molecule has 0 saturated heterocycles. The molecule has 1 aromatic rings. The lowest BCUT2D eigenvalue weighted by Gasteiger charge is -2.02. The van der Waals surface area contributed by atoms with E-state index in [1.165, 1.54) is 19.1 Å². The summed E-state index contributed by atoms with van der Waals surface area (Å²) in [6.07, 6.45) is 1.33. The fraction of sp³-hybridized carbons (Fsp3) is 0.250. The molecule has 0 radical (unpaired) electrons. The highest BCUT2D eigenvalue weighted by atomic mass is 19.1. The van der Waals surface area contributed by atoms with Crippen LogP contribution in [0.2, 0.25) is 0 Å². The Labute approximate surface area is 92.5 Å². The Balaban J connectivity index is 2.94. The summed E-state index contributed by atoms with van der Waals surface area (Å²) in [6, 6.07) is 3.17. The van der Waals surface area contributed by atoms with E-state index in [0.29, 0.717) is 0 Å². The third-order valence-electron chi connectivity index (χ3n) is 1.93. The Morgan fingerprint density at radius 1 is 1.44 bits per heavy atom. The maximum atomic E-state index is 13.2. The van der Waals surface area contributed by atoms with Crippen LogP contribution < -0.4 is 0 Å². The normalized spacial score (nSPS) is 11.4. The van der Waals surface area contributed by atoms with Crippen molar-refractivity contribution < 1.29 is 18.3 Å².